The van der Waals surface area contributed by atoms with E-state index in [0.29, 0.717) is 18.6 Å². The predicted molar refractivity (Wildman–Crippen MR) is 61.3 cm³/mol. The van der Waals surface area contributed by atoms with Crippen molar-refractivity contribution in [2.45, 2.75) is 33.2 Å². The van der Waals surface area contributed by atoms with Gasteiger partial charge in [0.25, 0.3) is 0 Å². The Hall–Kier alpha value is 0.270. The fraction of sp³-hybridized carbons (Fsp3) is 1.00. The lowest BCUT2D eigenvalue weighted by Crippen LogP contribution is -2.35. The summed E-state index contributed by atoms with van der Waals surface area (Å²) in [6.07, 6.45) is 0.918. The summed E-state index contributed by atoms with van der Waals surface area (Å²) in [5.41, 5.74) is 0. The van der Waals surface area contributed by atoms with Gasteiger partial charge in [-0.05, 0) is 24.6 Å². The lowest BCUT2D eigenvalue weighted by Gasteiger charge is -2.21. The van der Waals surface area contributed by atoms with Gasteiger partial charge in [0.2, 0.25) is 0 Å². The van der Waals surface area contributed by atoms with Crippen molar-refractivity contribution in [2.24, 2.45) is 5.92 Å². The average Bonchev–Trinajstić information content (AvgIpc) is 2.10. The Kier molecular flexibility index (Phi) is 9.03. The second kappa shape index (κ2) is 8.85. The van der Waals surface area contributed by atoms with Gasteiger partial charge in [0.05, 0.1) is 0 Å². The first-order valence-corrected chi connectivity index (χ1v) is 6.29. The molecular formula is C10H23NOS. The van der Waals surface area contributed by atoms with Crippen molar-refractivity contribution in [2.75, 3.05) is 24.7 Å². The van der Waals surface area contributed by atoms with E-state index in [4.69, 9.17) is 5.11 Å². The van der Waals surface area contributed by atoms with E-state index < -0.39 is 0 Å². The van der Waals surface area contributed by atoms with E-state index >= 15 is 0 Å². The van der Waals surface area contributed by atoms with Gasteiger partial charge in [0.15, 0.2) is 0 Å². The molecule has 0 heterocycles. The highest BCUT2D eigenvalue weighted by Gasteiger charge is 2.10. The van der Waals surface area contributed by atoms with Gasteiger partial charge >= 0.3 is 0 Å². The minimum Gasteiger partial charge on any atom is -0.396 e. The maximum atomic E-state index is 8.62. The molecule has 0 aliphatic rings. The van der Waals surface area contributed by atoms with Crippen LogP contribution >= 0.6 is 11.8 Å². The SMILES string of the molecule is CCNC(CSCCCO)C(C)C. The van der Waals surface area contributed by atoms with Crippen molar-refractivity contribution in [3.8, 4) is 0 Å². The molecule has 0 aliphatic heterocycles. The van der Waals surface area contributed by atoms with Crippen molar-refractivity contribution in [3.63, 3.8) is 0 Å². The van der Waals surface area contributed by atoms with Gasteiger partial charge in [0, 0.05) is 18.4 Å². The van der Waals surface area contributed by atoms with Crippen LogP contribution < -0.4 is 5.32 Å². The first-order chi connectivity index (χ1) is 6.22. The number of rotatable bonds is 8. The molecule has 80 valence electrons. The first-order valence-electron chi connectivity index (χ1n) is 5.14. The Bertz CT molecular complexity index is 109. The minimum atomic E-state index is 0.320. The van der Waals surface area contributed by atoms with Crippen LogP contribution in [0.2, 0.25) is 0 Å². The Labute approximate surface area is 86.5 Å². The minimum absolute atomic E-state index is 0.320. The molecule has 0 aromatic carbocycles. The van der Waals surface area contributed by atoms with Gasteiger partial charge in [-0.1, -0.05) is 20.8 Å². The molecule has 1 unspecified atom stereocenters. The van der Waals surface area contributed by atoms with Crippen LogP contribution in [-0.2, 0) is 0 Å². The van der Waals surface area contributed by atoms with Crippen LogP contribution in [-0.4, -0.2) is 35.8 Å². The highest BCUT2D eigenvalue weighted by atomic mass is 32.2. The predicted octanol–water partition coefficient (Wildman–Crippen LogP) is 1.74. The van der Waals surface area contributed by atoms with E-state index in [2.05, 4.69) is 26.1 Å². The second-order valence-corrected chi connectivity index (χ2v) is 4.71. The van der Waals surface area contributed by atoms with E-state index in [9.17, 15) is 0 Å². The number of hydrogen-bond donors (Lipinski definition) is 2. The van der Waals surface area contributed by atoms with Gasteiger partial charge in [-0.15, -0.1) is 0 Å². The molecule has 0 bridgehead atoms. The van der Waals surface area contributed by atoms with Crippen LogP contribution in [0.3, 0.4) is 0 Å². The number of thioether (sulfide) groups is 1. The molecule has 0 aromatic rings. The number of aliphatic hydroxyl groups is 1. The quantitative estimate of drug-likeness (QED) is 0.592. The second-order valence-electron chi connectivity index (χ2n) is 3.56. The molecule has 1 atom stereocenters. The van der Waals surface area contributed by atoms with Crippen molar-refractivity contribution >= 4 is 11.8 Å². The molecule has 0 saturated carbocycles. The molecule has 0 spiro atoms. The molecule has 0 aromatic heterocycles. The van der Waals surface area contributed by atoms with Crippen LogP contribution in [0.5, 0.6) is 0 Å². The highest BCUT2D eigenvalue weighted by Crippen LogP contribution is 2.10. The van der Waals surface area contributed by atoms with Crippen molar-refractivity contribution in [1.82, 2.24) is 5.32 Å². The van der Waals surface area contributed by atoms with E-state index in [1.807, 2.05) is 11.8 Å². The van der Waals surface area contributed by atoms with Crippen LogP contribution in [0.25, 0.3) is 0 Å². The average molecular weight is 205 g/mol. The fourth-order valence-electron chi connectivity index (χ4n) is 1.13. The third-order valence-corrected chi connectivity index (χ3v) is 3.19. The summed E-state index contributed by atoms with van der Waals surface area (Å²) in [6.45, 7) is 8.01. The third-order valence-electron chi connectivity index (χ3n) is 2.02. The summed E-state index contributed by atoms with van der Waals surface area (Å²) in [5.74, 6) is 2.93. The van der Waals surface area contributed by atoms with Gasteiger partial charge in [0.1, 0.15) is 0 Å². The summed E-state index contributed by atoms with van der Waals surface area (Å²) in [4.78, 5) is 0. The number of nitrogens with one attached hydrogen (secondary N) is 1. The molecule has 3 heteroatoms. The topological polar surface area (TPSA) is 32.3 Å². The van der Waals surface area contributed by atoms with E-state index in [1.165, 1.54) is 0 Å². The molecule has 0 rings (SSSR count). The molecule has 2 nitrogen and oxygen atoms in total. The zero-order chi connectivity index (χ0) is 10.1. The number of hydrogen-bond acceptors (Lipinski definition) is 3. The van der Waals surface area contributed by atoms with Gasteiger partial charge in [-0.3, -0.25) is 0 Å². The normalized spacial score (nSPS) is 13.6. The molecule has 0 aliphatic carbocycles. The zero-order valence-electron chi connectivity index (χ0n) is 9.05. The monoisotopic (exact) mass is 205 g/mol. The maximum absolute atomic E-state index is 8.62. The summed E-state index contributed by atoms with van der Waals surface area (Å²) in [5, 5.41) is 12.1. The standard InChI is InChI=1S/C10H23NOS/c1-4-11-10(9(2)3)8-13-7-5-6-12/h9-12H,4-8H2,1-3H3. The Balaban J connectivity index is 3.45. The third kappa shape index (κ3) is 7.35. The summed E-state index contributed by atoms with van der Waals surface area (Å²) >= 11 is 1.93. The molecule has 0 radical (unpaired) electrons. The molecular weight excluding hydrogens is 182 g/mol. The van der Waals surface area contributed by atoms with E-state index in [-0.39, 0.29) is 0 Å². The lowest BCUT2D eigenvalue weighted by atomic mass is 10.1. The van der Waals surface area contributed by atoms with Crippen molar-refractivity contribution < 1.29 is 5.11 Å². The fourth-order valence-corrected chi connectivity index (χ4v) is 2.38. The van der Waals surface area contributed by atoms with Crippen molar-refractivity contribution in [3.05, 3.63) is 0 Å². The molecule has 13 heavy (non-hydrogen) atoms. The summed E-state index contributed by atoms with van der Waals surface area (Å²) in [7, 11) is 0. The van der Waals surface area contributed by atoms with E-state index in [1.54, 1.807) is 0 Å². The first kappa shape index (κ1) is 13.3. The smallest absolute Gasteiger partial charge is 0.0438 e. The van der Waals surface area contributed by atoms with Crippen molar-refractivity contribution in [1.29, 1.82) is 0 Å². The van der Waals surface area contributed by atoms with Gasteiger partial charge in [-0.25, -0.2) is 0 Å². The molecule has 0 fully saturated rings. The largest absolute Gasteiger partial charge is 0.396 e. The maximum Gasteiger partial charge on any atom is 0.0438 e. The van der Waals surface area contributed by atoms with Crippen LogP contribution in [0.4, 0.5) is 0 Å². The lowest BCUT2D eigenvalue weighted by molar-refractivity contribution is 0.296. The van der Waals surface area contributed by atoms with Gasteiger partial charge in [-0.2, -0.15) is 11.8 Å². The Morgan fingerprint density at radius 1 is 1.38 bits per heavy atom. The molecule has 2 N–H and O–H groups in total. The highest BCUT2D eigenvalue weighted by molar-refractivity contribution is 7.99. The Morgan fingerprint density at radius 2 is 2.08 bits per heavy atom. The molecule has 0 saturated heterocycles. The summed E-state index contributed by atoms with van der Waals surface area (Å²) in [6, 6.07) is 0.619. The molecule has 0 amide bonds. The van der Waals surface area contributed by atoms with Crippen LogP contribution in [0, 0.1) is 5.92 Å². The van der Waals surface area contributed by atoms with E-state index in [0.717, 1.165) is 24.5 Å². The van der Waals surface area contributed by atoms with Crippen LogP contribution in [0.15, 0.2) is 0 Å². The Morgan fingerprint density at radius 3 is 2.54 bits per heavy atom. The zero-order valence-corrected chi connectivity index (χ0v) is 9.86. The van der Waals surface area contributed by atoms with Gasteiger partial charge < -0.3 is 10.4 Å². The summed E-state index contributed by atoms with van der Waals surface area (Å²) < 4.78 is 0. The number of aliphatic hydroxyl groups excluding tert-OH is 1. The van der Waals surface area contributed by atoms with Crippen LogP contribution in [0.1, 0.15) is 27.2 Å².